The zero-order valence-electron chi connectivity index (χ0n) is 11.4. The molecule has 19 heavy (non-hydrogen) atoms. The minimum atomic E-state index is -0.309. The summed E-state index contributed by atoms with van der Waals surface area (Å²) < 4.78 is 20.1. The maximum Gasteiger partial charge on any atom is 0.306 e. The van der Waals surface area contributed by atoms with Gasteiger partial charge in [0.25, 0.3) is 0 Å². The smallest absolute Gasteiger partial charge is 0.306 e. The summed E-state index contributed by atoms with van der Waals surface area (Å²) in [5, 5.41) is 0. The molecule has 1 fully saturated rings. The van der Waals surface area contributed by atoms with Crippen LogP contribution in [0, 0.1) is 0 Å². The molecule has 0 saturated carbocycles. The number of carbonyl (C=O) groups is 2. The summed E-state index contributed by atoms with van der Waals surface area (Å²) in [5.74, 6) is -0.481. The first-order valence-electron chi connectivity index (χ1n) is 6.73. The monoisotopic (exact) mass is 274 g/mol. The van der Waals surface area contributed by atoms with Crippen molar-refractivity contribution in [2.45, 2.75) is 45.1 Å². The highest BCUT2D eigenvalue weighted by Crippen LogP contribution is 2.07. The van der Waals surface area contributed by atoms with E-state index in [1.165, 1.54) is 0 Å². The Bertz CT molecular complexity index is 272. The summed E-state index contributed by atoms with van der Waals surface area (Å²) in [6.07, 6.45) is 2.42. The van der Waals surface area contributed by atoms with Gasteiger partial charge in [-0.25, -0.2) is 0 Å². The number of unbranched alkanes of at least 4 members (excludes halogenated alkanes) is 1. The molecule has 0 aromatic heterocycles. The van der Waals surface area contributed by atoms with Gasteiger partial charge in [-0.15, -0.1) is 0 Å². The number of hydrogen-bond donors (Lipinski definition) is 0. The van der Waals surface area contributed by atoms with Crippen LogP contribution >= 0.6 is 0 Å². The molecule has 0 atom stereocenters. The highest BCUT2D eigenvalue weighted by Gasteiger charge is 2.18. The van der Waals surface area contributed by atoms with Gasteiger partial charge in [-0.05, 0) is 19.3 Å². The van der Waals surface area contributed by atoms with Crippen molar-refractivity contribution in [3.05, 3.63) is 0 Å². The molecule has 110 valence electrons. The van der Waals surface area contributed by atoms with Crippen molar-refractivity contribution < 1.29 is 28.5 Å². The second kappa shape index (κ2) is 9.75. The Hall–Kier alpha value is -1.14. The molecule has 0 radical (unpaired) electrons. The Morgan fingerprint density at radius 3 is 2.37 bits per heavy atom. The summed E-state index contributed by atoms with van der Waals surface area (Å²) in [6.45, 7) is 3.43. The van der Waals surface area contributed by atoms with Crippen LogP contribution in [-0.4, -0.2) is 44.7 Å². The lowest BCUT2D eigenvalue weighted by Crippen LogP contribution is -2.33. The number of hydrogen-bond acceptors (Lipinski definition) is 6. The third-order valence-corrected chi connectivity index (χ3v) is 2.55. The van der Waals surface area contributed by atoms with Crippen molar-refractivity contribution in [2.75, 3.05) is 26.6 Å². The van der Waals surface area contributed by atoms with Crippen LogP contribution < -0.4 is 0 Å². The maximum absolute atomic E-state index is 11.5. The number of rotatable bonds is 8. The summed E-state index contributed by atoms with van der Waals surface area (Å²) in [6, 6.07) is 0. The SMILES string of the molecule is CCCOC(=O)CCCCC(=O)OC1COCOC1. The Morgan fingerprint density at radius 2 is 1.74 bits per heavy atom. The topological polar surface area (TPSA) is 71.1 Å². The van der Waals surface area contributed by atoms with Crippen molar-refractivity contribution >= 4 is 11.9 Å². The fourth-order valence-corrected chi connectivity index (χ4v) is 1.61. The number of esters is 2. The van der Waals surface area contributed by atoms with Crippen LogP contribution in [0.5, 0.6) is 0 Å². The largest absolute Gasteiger partial charge is 0.466 e. The van der Waals surface area contributed by atoms with Gasteiger partial charge in [0.2, 0.25) is 0 Å². The van der Waals surface area contributed by atoms with Crippen LogP contribution in [0.4, 0.5) is 0 Å². The highest BCUT2D eigenvalue weighted by molar-refractivity contribution is 5.70. The molecule has 1 heterocycles. The van der Waals surface area contributed by atoms with Gasteiger partial charge in [-0.1, -0.05) is 6.92 Å². The van der Waals surface area contributed by atoms with Crippen LogP contribution in [0.3, 0.4) is 0 Å². The second-order valence-electron chi connectivity index (χ2n) is 4.40. The lowest BCUT2D eigenvalue weighted by atomic mass is 10.2. The van der Waals surface area contributed by atoms with Gasteiger partial charge >= 0.3 is 11.9 Å². The molecule has 0 unspecified atom stereocenters. The lowest BCUT2D eigenvalue weighted by molar-refractivity contribution is -0.183. The van der Waals surface area contributed by atoms with Gasteiger partial charge in [0.1, 0.15) is 12.9 Å². The lowest BCUT2D eigenvalue weighted by Gasteiger charge is -2.22. The minimum absolute atomic E-state index is 0.204. The van der Waals surface area contributed by atoms with Crippen molar-refractivity contribution in [1.29, 1.82) is 0 Å². The van der Waals surface area contributed by atoms with Crippen molar-refractivity contribution in [3.63, 3.8) is 0 Å². The van der Waals surface area contributed by atoms with Crippen LogP contribution in [0.2, 0.25) is 0 Å². The fourth-order valence-electron chi connectivity index (χ4n) is 1.61. The van der Waals surface area contributed by atoms with Crippen molar-refractivity contribution in [1.82, 2.24) is 0 Å². The molecule has 0 aromatic rings. The Morgan fingerprint density at radius 1 is 1.11 bits per heavy atom. The second-order valence-corrected chi connectivity index (χ2v) is 4.40. The molecule has 6 heteroatoms. The van der Waals surface area contributed by atoms with E-state index in [9.17, 15) is 9.59 Å². The Labute approximate surface area is 113 Å². The van der Waals surface area contributed by atoms with E-state index in [0.717, 1.165) is 6.42 Å². The van der Waals surface area contributed by atoms with Gasteiger partial charge < -0.3 is 18.9 Å². The van der Waals surface area contributed by atoms with Gasteiger partial charge in [-0.2, -0.15) is 0 Å². The summed E-state index contributed by atoms with van der Waals surface area (Å²) >= 11 is 0. The number of carbonyl (C=O) groups excluding carboxylic acids is 2. The first-order valence-corrected chi connectivity index (χ1v) is 6.73. The first-order chi connectivity index (χ1) is 9.22. The van der Waals surface area contributed by atoms with Crippen LogP contribution in [0.1, 0.15) is 39.0 Å². The van der Waals surface area contributed by atoms with Gasteiger partial charge in [-0.3, -0.25) is 9.59 Å². The van der Waals surface area contributed by atoms with Crippen LogP contribution in [0.15, 0.2) is 0 Å². The standard InChI is InChI=1S/C13H22O6/c1-2-7-18-12(14)5-3-4-6-13(15)19-11-8-16-10-17-9-11/h11H,2-10H2,1H3. The van der Waals surface area contributed by atoms with Gasteiger partial charge in [0.15, 0.2) is 0 Å². The third kappa shape index (κ3) is 7.79. The molecular weight excluding hydrogens is 252 g/mol. The van der Waals surface area contributed by atoms with E-state index in [4.69, 9.17) is 18.9 Å². The number of ether oxygens (including phenoxy) is 4. The molecule has 0 aliphatic carbocycles. The summed E-state index contributed by atoms with van der Waals surface area (Å²) in [5.41, 5.74) is 0. The summed E-state index contributed by atoms with van der Waals surface area (Å²) in [4.78, 5) is 22.7. The highest BCUT2D eigenvalue weighted by atomic mass is 16.7. The normalized spacial score (nSPS) is 16.1. The molecule has 0 amide bonds. The van der Waals surface area contributed by atoms with Gasteiger partial charge in [0, 0.05) is 12.8 Å². The first kappa shape index (κ1) is 15.9. The summed E-state index contributed by atoms with van der Waals surface area (Å²) in [7, 11) is 0. The average Bonchev–Trinajstić information content (AvgIpc) is 2.42. The molecule has 6 nitrogen and oxygen atoms in total. The Balaban J connectivity index is 1.99. The predicted octanol–water partition coefficient (Wildman–Crippen LogP) is 1.42. The van der Waals surface area contributed by atoms with Crippen LogP contribution in [-0.2, 0) is 28.5 Å². The van der Waals surface area contributed by atoms with E-state index in [1.54, 1.807) is 0 Å². The average molecular weight is 274 g/mol. The maximum atomic E-state index is 11.5. The van der Waals surface area contributed by atoms with Crippen LogP contribution in [0.25, 0.3) is 0 Å². The van der Waals surface area contributed by atoms with E-state index in [1.807, 2.05) is 6.92 Å². The van der Waals surface area contributed by atoms with Gasteiger partial charge in [0.05, 0.1) is 19.8 Å². The zero-order valence-corrected chi connectivity index (χ0v) is 11.4. The van der Waals surface area contributed by atoms with E-state index in [2.05, 4.69) is 0 Å². The molecule has 0 spiro atoms. The fraction of sp³-hybridized carbons (Fsp3) is 0.846. The van der Waals surface area contributed by atoms with Crippen molar-refractivity contribution in [2.24, 2.45) is 0 Å². The molecule has 1 rings (SSSR count). The van der Waals surface area contributed by atoms with E-state index < -0.39 is 0 Å². The quantitative estimate of drug-likeness (QED) is 0.492. The molecular formula is C13H22O6. The zero-order chi connectivity index (χ0) is 13.9. The molecule has 0 bridgehead atoms. The molecule has 1 aliphatic rings. The molecule has 0 aromatic carbocycles. The predicted molar refractivity (Wildman–Crippen MR) is 66.4 cm³/mol. The van der Waals surface area contributed by atoms with E-state index in [-0.39, 0.29) is 24.8 Å². The third-order valence-electron chi connectivity index (χ3n) is 2.55. The van der Waals surface area contributed by atoms with E-state index in [0.29, 0.717) is 45.5 Å². The van der Waals surface area contributed by atoms with E-state index >= 15 is 0 Å². The minimum Gasteiger partial charge on any atom is -0.466 e. The molecule has 0 N–H and O–H groups in total. The van der Waals surface area contributed by atoms with Crippen molar-refractivity contribution in [3.8, 4) is 0 Å². The Kier molecular flexibility index (Phi) is 8.16. The molecule has 1 aliphatic heterocycles. The molecule has 1 saturated heterocycles.